The van der Waals surface area contributed by atoms with Crippen LogP contribution in [0.1, 0.15) is 412 Å². The second-order valence-electron chi connectivity index (χ2n) is 28.0. The van der Waals surface area contributed by atoms with Crippen molar-refractivity contribution in [1.82, 2.24) is 0 Å². The first-order valence-corrected chi connectivity index (χ1v) is 38.9. The van der Waals surface area contributed by atoms with E-state index in [0.717, 1.165) is 38.5 Å². The fourth-order valence-corrected chi connectivity index (χ4v) is 12.1. The minimum Gasteiger partial charge on any atom is -0.477 e. The Morgan fingerprint density at radius 3 is 0.851 bits per heavy atom. The summed E-state index contributed by atoms with van der Waals surface area (Å²) in [5.74, 6) is -1.97. The van der Waals surface area contributed by atoms with Crippen LogP contribution in [-0.4, -0.2) is 87.4 Å². The Hall–Kier alpha value is -1.97. The van der Waals surface area contributed by atoms with Gasteiger partial charge in [-0.2, -0.15) is 0 Å². The standard InChI is InChI=1S/C78H151NO8/c1-6-8-10-12-14-16-18-20-22-24-26-28-29-30-31-32-33-34-35-36-37-38-39-40-41-42-43-44-45-46-47-49-51-53-55-57-59-61-63-65-67-69-76(81)87-74(73-86-78(77(82)83)84-71-70-79(3,4)5)72-85-75(80)68-66-64-62-60-58-56-54-52-50-48-27-25-23-21-19-17-15-13-11-9-7-2/h24,26,74,78H,6-23,25,27-73H2,1-5H3/p+1/b26-24-. The van der Waals surface area contributed by atoms with Crippen molar-refractivity contribution in [3.8, 4) is 0 Å². The van der Waals surface area contributed by atoms with Gasteiger partial charge in [0.15, 0.2) is 6.10 Å². The van der Waals surface area contributed by atoms with Gasteiger partial charge >= 0.3 is 17.9 Å². The van der Waals surface area contributed by atoms with Crippen LogP contribution in [-0.2, 0) is 33.3 Å². The number of ether oxygens (including phenoxy) is 4. The molecule has 1 N–H and O–H groups in total. The Kier molecular flexibility index (Phi) is 68.3. The van der Waals surface area contributed by atoms with E-state index in [-0.39, 0.29) is 38.2 Å². The van der Waals surface area contributed by atoms with Crippen LogP contribution in [0.15, 0.2) is 12.2 Å². The maximum atomic E-state index is 13.0. The molecule has 0 aliphatic heterocycles. The van der Waals surface area contributed by atoms with E-state index in [2.05, 4.69) is 26.0 Å². The summed E-state index contributed by atoms with van der Waals surface area (Å²) >= 11 is 0. The Bertz CT molecular complexity index is 1430. The number of rotatable bonds is 74. The van der Waals surface area contributed by atoms with Gasteiger partial charge < -0.3 is 28.5 Å². The number of carboxylic acids is 1. The molecule has 0 rings (SSSR count). The quantitative estimate of drug-likeness (QED) is 0.0211. The van der Waals surface area contributed by atoms with Gasteiger partial charge in [-0.05, 0) is 38.5 Å². The molecule has 0 spiro atoms. The van der Waals surface area contributed by atoms with Gasteiger partial charge in [0.1, 0.15) is 13.2 Å². The van der Waals surface area contributed by atoms with Crippen LogP contribution < -0.4 is 0 Å². The van der Waals surface area contributed by atoms with E-state index in [4.69, 9.17) is 18.9 Å². The van der Waals surface area contributed by atoms with Gasteiger partial charge in [0, 0.05) is 12.8 Å². The molecule has 0 heterocycles. The molecule has 0 fully saturated rings. The van der Waals surface area contributed by atoms with Crippen LogP contribution in [0.2, 0.25) is 0 Å². The van der Waals surface area contributed by atoms with Crippen molar-refractivity contribution in [3.05, 3.63) is 12.2 Å². The molecule has 0 aromatic carbocycles. The second-order valence-corrected chi connectivity index (χ2v) is 28.0. The Labute approximate surface area is 542 Å². The average molecular weight is 1230 g/mol. The number of likely N-dealkylation sites (N-methyl/N-ethyl adjacent to an activating group) is 1. The summed E-state index contributed by atoms with van der Waals surface area (Å²) in [6.45, 7) is 4.97. The lowest BCUT2D eigenvalue weighted by atomic mass is 10.0. The van der Waals surface area contributed by atoms with Gasteiger partial charge in [0.2, 0.25) is 0 Å². The highest BCUT2D eigenvalue weighted by atomic mass is 16.7. The highest BCUT2D eigenvalue weighted by Gasteiger charge is 2.25. The molecule has 0 bridgehead atoms. The van der Waals surface area contributed by atoms with Gasteiger partial charge in [-0.25, -0.2) is 4.79 Å². The third-order valence-corrected chi connectivity index (χ3v) is 18.0. The van der Waals surface area contributed by atoms with E-state index in [1.165, 1.54) is 347 Å². The molecule has 9 nitrogen and oxygen atoms in total. The lowest BCUT2D eigenvalue weighted by molar-refractivity contribution is -0.870. The van der Waals surface area contributed by atoms with E-state index < -0.39 is 18.4 Å². The van der Waals surface area contributed by atoms with E-state index in [1.54, 1.807) is 0 Å². The topological polar surface area (TPSA) is 108 Å². The number of nitrogens with zero attached hydrogens (tertiary/aromatic N) is 1. The fraction of sp³-hybridized carbons (Fsp3) is 0.936. The molecule has 0 radical (unpaired) electrons. The monoisotopic (exact) mass is 1230 g/mol. The Morgan fingerprint density at radius 2 is 0.586 bits per heavy atom. The lowest BCUT2D eigenvalue weighted by Gasteiger charge is -2.25. The molecule has 0 aliphatic carbocycles. The number of hydrogen-bond donors (Lipinski definition) is 1. The van der Waals surface area contributed by atoms with Gasteiger partial charge in [-0.3, -0.25) is 9.59 Å². The summed E-state index contributed by atoms with van der Waals surface area (Å²) in [7, 11) is 6.00. The summed E-state index contributed by atoms with van der Waals surface area (Å²) in [5.41, 5.74) is 0. The summed E-state index contributed by atoms with van der Waals surface area (Å²) in [6.07, 6.45) is 83.7. The predicted octanol–water partition coefficient (Wildman–Crippen LogP) is 24.4. The molecule has 87 heavy (non-hydrogen) atoms. The number of hydrogen-bond acceptors (Lipinski definition) is 7. The zero-order chi connectivity index (χ0) is 63.3. The summed E-state index contributed by atoms with van der Waals surface area (Å²) in [5, 5.41) is 9.75. The van der Waals surface area contributed by atoms with E-state index in [9.17, 15) is 19.5 Å². The van der Waals surface area contributed by atoms with Crippen LogP contribution in [0.5, 0.6) is 0 Å². The SMILES string of the molecule is CCCCCCCCCC/C=C\CCCCCCCCCCCCCCCCCCCCCCCCCCCCCCCC(=O)OC(COC(=O)CCCCCCCCCCCCCCCCCCCCCCC)COC(OCC[N+](C)(C)C)C(=O)O. The van der Waals surface area contributed by atoms with Crippen LogP contribution in [0.4, 0.5) is 0 Å². The van der Waals surface area contributed by atoms with Crippen molar-refractivity contribution in [2.75, 3.05) is 47.5 Å². The highest BCUT2D eigenvalue weighted by molar-refractivity contribution is 5.71. The number of quaternary nitrogens is 1. The summed E-state index contributed by atoms with van der Waals surface area (Å²) < 4.78 is 23.0. The second kappa shape index (κ2) is 69.9. The van der Waals surface area contributed by atoms with E-state index in [1.807, 2.05) is 21.1 Å². The molecule has 2 unspecified atom stereocenters. The maximum Gasteiger partial charge on any atom is 0.361 e. The largest absolute Gasteiger partial charge is 0.477 e. The molecule has 0 saturated carbocycles. The van der Waals surface area contributed by atoms with Crippen molar-refractivity contribution in [3.63, 3.8) is 0 Å². The van der Waals surface area contributed by atoms with Crippen molar-refractivity contribution in [2.45, 2.75) is 424 Å². The van der Waals surface area contributed by atoms with Crippen molar-refractivity contribution in [1.29, 1.82) is 0 Å². The predicted molar refractivity (Wildman–Crippen MR) is 374 cm³/mol. The highest BCUT2D eigenvalue weighted by Crippen LogP contribution is 2.20. The minimum absolute atomic E-state index is 0.173. The third kappa shape index (κ3) is 71.3. The van der Waals surface area contributed by atoms with Crippen LogP contribution in [0, 0.1) is 0 Å². The molecule has 0 aromatic heterocycles. The number of aliphatic carboxylic acids is 1. The zero-order valence-corrected chi connectivity index (χ0v) is 59.2. The molecule has 0 aromatic rings. The third-order valence-electron chi connectivity index (χ3n) is 18.0. The smallest absolute Gasteiger partial charge is 0.361 e. The van der Waals surface area contributed by atoms with Crippen LogP contribution in [0.3, 0.4) is 0 Å². The van der Waals surface area contributed by atoms with E-state index >= 15 is 0 Å². The summed E-state index contributed by atoms with van der Waals surface area (Å²) in [6, 6.07) is 0. The lowest BCUT2D eigenvalue weighted by Crippen LogP contribution is -2.40. The van der Waals surface area contributed by atoms with Gasteiger partial charge in [-0.1, -0.05) is 373 Å². The Balaban J connectivity index is 3.90. The van der Waals surface area contributed by atoms with Gasteiger partial charge in [0.25, 0.3) is 6.29 Å². The molecule has 9 heteroatoms. The van der Waals surface area contributed by atoms with Crippen molar-refractivity contribution in [2.24, 2.45) is 0 Å². The first-order chi connectivity index (χ1) is 42.6. The number of unbranched alkanes of at least 4 members (excludes halogenated alkanes) is 57. The molecule has 0 saturated heterocycles. The molecule has 0 amide bonds. The fourth-order valence-electron chi connectivity index (χ4n) is 12.1. The zero-order valence-electron chi connectivity index (χ0n) is 59.2. The number of carboxylic acid groups (broad SMARTS) is 1. The molecular weight excluding hydrogens is 1080 g/mol. The van der Waals surface area contributed by atoms with Crippen LogP contribution >= 0.6 is 0 Å². The number of allylic oxidation sites excluding steroid dienone is 2. The normalized spacial score (nSPS) is 12.6. The molecule has 0 aliphatic rings. The average Bonchev–Trinajstić information content (AvgIpc) is 3.59. The molecule has 516 valence electrons. The van der Waals surface area contributed by atoms with Crippen molar-refractivity contribution >= 4 is 17.9 Å². The van der Waals surface area contributed by atoms with Gasteiger partial charge in [0.05, 0.1) is 34.4 Å². The Morgan fingerprint density at radius 1 is 0.333 bits per heavy atom. The first kappa shape index (κ1) is 85.0. The number of carbonyl (C=O) groups excluding carboxylic acids is 2. The van der Waals surface area contributed by atoms with Crippen LogP contribution in [0.25, 0.3) is 0 Å². The molecule has 2 atom stereocenters. The summed E-state index contributed by atoms with van der Waals surface area (Å²) in [4.78, 5) is 37.6. The maximum absolute atomic E-state index is 13.0. The van der Waals surface area contributed by atoms with Crippen molar-refractivity contribution < 1.29 is 42.9 Å². The van der Waals surface area contributed by atoms with E-state index in [0.29, 0.717) is 17.4 Å². The number of carbonyl (C=O) groups is 3. The van der Waals surface area contributed by atoms with Gasteiger partial charge in [-0.15, -0.1) is 0 Å². The number of esters is 2. The first-order valence-electron chi connectivity index (χ1n) is 38.9. The molecular formula is C78H152NO8+. The minimum atomic E-state index is -1.51.